The van der Waals surface area contributed by atoms with Gasteiger partial charge in [0.25, 0.3) is 5.91 Å². The molecular formula is C26H32N4OS. The normalized spacial score (nSPS) is 18.8. The molecule has 1 N–H and O–H groups in total. The van der Waals surface area contributed by atoms with Crippen molar-refractivity contribution in [2.45, 2.75) is 45.2 Å². The third kappa shape index (κ3) is 4.97. The maximum Gasteiger partial charge on any atom is 0.251 e. The van der Waals surface area contributed by atoms with Crippen molar-refractivity contribution in [1.29, 1.82) is 0 Å². The number of fused-ring (bicyclic) bond motifs is 1. The third-order valence-corrected chi connectivity index (χ3v) is 7.94. The van der Waals surface area contributed by atoms with Gasteiger partial charge in [0.2, 0.25) is 0 Å². The molecule has 0 unspecified atom stereocenters. The quantitative estimate of drug-likeness (QED) is 0.601. The largest absolute Gasteiger partial charge is 0.349 e. The molecule has 0 atom stereocenters. The number of aromatic nitrogens is 1. The molecule has 1 amide bonds. The number of piperidine rings is 2. The summed E-state index contributed by atoms with van der Waals surface area (Å²) < 4.78 is 1.10. The number of carbonyl (C=O) groups is 1. The van der Waals surface area contributed by atoms with Crippen molar-refractivity contribution in [3.8, 4) is 0 Å². The van der Waals surface area contributed by atoms with E-state index in [0.717, 1.165) is 72.4 Å². The Balaban J connectivity index is 1.17. The summed E-state index contributed by atoms with van der Waals surface area (Å²) in [7, 11) is 0. The summed E-state index contributed by atoms with van der Waals surface area (Å²) in [5, 5.41) is 4.36. The number of carbonyl (C=O) groups excluding carboxylic acids is 1. The number of thiazole rings is 1. The molecule has 2 aliphatic heterocycles. The van der Waals surface area contributed by atoms with E-state index in [1.165, 1.54) is 18.4 Å². The molecule has 5 rings (SSSR count). The highest BCUT2D eigenvalue weighted by Crippen LogP contribution is 2.32. The molecule has 2 aromatic carbocycles. The number of anilines is 1. The fraction of sp³-hybridized carbons (Fsp3) is 0.462. The lowest BCUT2D eigenvalue weighted by atomic mass is 10.00. The van der Waals surface area contributed by atoms with Crippen LogP contribution in [0.25, 0.3) is 10.2 Å². The van der Waals surface area contributed by atoms with Gasteiger partial charge in [-0.25, -0.2) is 4.98 Å². The van der Waals surface area contributed by atoms with E-state index in [4.69, 9.17) is 4.98 Å². The van der Waals surface area contributed by atoms with Gasteiger partial charge in [-0.2, -0.15) is 0 Å². The van der Waals surface area contributed by atoms with Crippen LogP contribution in [0.2, 0.25) is 0 Å². The Bertz CT molecular complexity index is 1050. The van der Waals surface area contributed by atoms with Crippen LogP contribution in [0.15, 0.2) is 48.5 Å². The summed E-state index contributed by atoms with van der Waals surface area (Å²) in [4.78, 5) is 22.6. The number of likely N-dealkylation sites (tertiary alicyclic amines) is 1. The molecule has 3 heterocycles. The minimum atomic E-state index is 0.0372. The average Bonchev–Trinajstić information content (AvgIpc) is 3.25. The molecule has 0 bridgehead atoms. The Hall–Kier alpha value is -2.44. The van der Waals surface area contributed by atoms with Gasteiger partial charge in [0.05, 0.1) is 10.2 Å². The molecule has 168 valence electrons. The van der Waals surface area contributed by atoms with E-state index in [1.54, 1.807) is 11.3 Å². The molecule has 2 aliphatic rings. The Labute approximate surface area is 194 Å². The van der Waals surface area contributed by atoms with Gasteiger partial charge in [-0.05, 0) is 55.4 Å². The van der Waals surface area contributed by atoms with E-state index in [9.17, 15) is 4.79 Å². The Kier molecular flexibility index (Phi) is 6.42. The molecule has 0 aliphatic carbocycles. The zero-order chi connectivity index (χ0) is 21.9. The predicted octanol–water partition coefficient (Wildman–Crippen LogP) is 4.93. The fourth-order valence-electron chi connectivity index (χ4n) is 4.73. The van der Waals surface area contributed by atoms with Crippen LogP contribution in [-0.4, -0.2) is 48.0 Å². The summed E-state index contributed by atoms with van der Waals surface area (Å²) in [6.07, 6.45) is 4.46. The van der Waals surface area contributed by atoms with Crippen LogP contribution in [0.3, 0.4) is 0 Å². The second kappa shape index (κ2) is 9.59. The summed E-state index contributed by atoms with van der Waals surface area (Å²) in [6.45, 7) is 7.52. The van der Waals surface area contributed by atoms with E-state index in [2.05, 4.69) is 52.4 Å². The van der Waals surface area contributed by atoms with Gasteiger partial charge in [0.15, 0.2) is 5.13 Å². The molecule has 32 heavy (non-hydrogen) atoms. The van der Waals surface area contributed by atoms with Crippen molar-refractivity contribution in [3.63, 3.8) is 0 Å². The molecule has 0 saturated carbocycles. The maximum atomic E-state index is 12.9. The van der Waals surface area contributed by atoms with E-state index in [0.29, 0.717) is 0 Å². The molecule has 2 fully saturated rings. The lowest BCUT2D eigenvalue weighted by molar-refractivity contribution is 0.0909. The topological polar surface area (TPSA) is 48.5 Å². The van der Waals surface area contributed by atoms with Gasteiger partial charge < -0.3 is 10.2 Å². The van der Waals surface area contributed by atoms with E-state index >= 15 is 0 Å². The average molecular weight is 449 g/mol. The molecular weight excluding hydrogens is 416 g/mol. The van der Waals surface area contributed by atoms with E-state index in [1.807, 2.05) is 18.2 Å². The van der Waals surface area contributed by atoms with Gasteiger partial charge in [-0.1, -0.05) is 48.6 Å². The van der Waals surface area contributed by atoms with Gasteiger partial charge in [-0.3, -0.25) is 9.69 Å². The van der Waals surface area contributed by atoms with Gasteiger partial charge in [0, 0.05) is 44.3 Å². The molecule has 5 nitrogen and oxygen atoms in total. The molecule has 1 aromatic heterocycles. The van der Waals surface area contributed by atoms with Gasteiger partial charge >= 0.3 is 0 Å². The monoisotopic (exact) mass is 448 g/mol. The number of nitrogens with one attached hydrogen (secondary N) is 1. The number of benzene rings is 2. The second-order valence-corrected chi connectivity index (χ2v) is 10.4. The lowest BCUT2D eigenvalue weighted by Gasteiger charge is -2.32. The molecule has 3 aromatic rings. The highest BCUT2D eigenvalue weighted by atomic mass is 32.1. The summed E-state index contributed by atoms with van der Waals surface area (Å²) in [5.41, 5.74) is 3.09. The number of hydrogen-bond donors (Lipinski definition) is 1. The van der Waals surface area contributed by atoms with Crippen molar-refractivity contribution >= 4 is 32.6 Å². The van der Waals surface area contributed by atoms with Crippen LogP contribution in [0, 0.1) is 5.92 Å². The number of rotatable bonds is 5. The highest BCUT2D eigenvalue weighted by Gasteiger charge is 2.22. The summed E-state index contributed by atoms with van der Waals surface area (Å²) in [6, 6.07) is 16.8. The first-order valence-electron chi connectivity index (χ1n) is 11.9. The Morgan fingerprint density at radius 3 is 2.53 bits per heavy atom. The first kappa shape index (κ1) is 21.4. The van der Waals surface area contributed by atoms with Crippen molar-refractivity contribution in [1.82, 2.24) is 15.2 Å². The van der Waals surface area contributed by atoms with Crippen molar-refractivity contribution < 1.29 is 4.79 Å². The third-order valence-electron chi connectivity index (χ3n) is 6.87. The van der Waals surface area contributed by atoms with Crippen LogP contribution < -0.4 is 10.2 Å². The minimum absolute atomic E-state index is 0.0372. The summed E-state index contributed by atoms with van der Waals surface area (Å²) >= 11 is 1.71. The first-order chi connectivity index (χ1) is 15.6. The SMILES string of the molecule is CC1CCN(c2nc3ccc(C(=O)NC4CCN(Cc5ccccc5)CC4)cc3s2)CC1. The van der Waals surface area contributed by atoms with Gasteiger partial charge in [-0.15, -0.1) is 0 Å². The fourth-order valence-corrected chi connectivity index (χ4v) is 5.79. The standard InChI is InChI=1S/C26H32N4OS/c1-19-9-15-30(16-10-19)26-28-23-8-7-21(17-24(23)32-26)25(31)27-22-11-13-29(14-12-22)18-20-5-3-2-4-6-20/h2-8,17,19,22H,9-16,18H2,1H3,(H,27,31). The second-order valence-electron chi connectivity index (χ2n) is 9.36. The maximum absolute atomic E-state index is 12.9. The van der Waals surface area contributed by atoms with Crippen LogP contribution in [-0.2, 0) is 6.54 Å². The number of nitrogens with zero attached hydrogens (tertiary/aromatic N) is 3. The van der Waals surface area contributed by atoms with Crippen molar-refractivity contribution in [2.75, 3.05) is 31.1 Å². The Morgan fingerprint density at radius 1 is 1.03 bits per heavy atom. The lowest BCUT2D eigenvalue weighted by Crippen LogP contribution is -2.44. The zero-order valence-electron chi connectivity index (χ0n) is 18.8. The molecule has 2 saturated heterocycles. The van der Waals surface area contributed by atoms with Crippen LogP contribution >= 0.6 is 11.3 Å². The zero-order valence-corrected chi connectivity index (χ0v) is 19.6. The molecule has 6 heteroatoms. The smallest absolute Gasteiger partial charge is 0.251 e. The van der Waals surface area contributed by atoms with Crippen LogP contribution in [0.1, 0.15) is 48.5 Å². The minimum Gasteiger partial charge on any atom is -0.349 e. The van der Waals surface area contributed by atoms with E-state index < -0.39 is 0 Å². The molecule has 0 radical (unpaired) electrons. The molecule has 0 spiro atoms. The number of hydrogen-bond acceptors (Lipinski definition) is 5. The van der Waals surface area contributed by atoms with E-state index in [-0.39, 0.29) is 11.9 Å². The van der Waals surface area contributed by atoms with Crippen molar-refractivity contribution in [2.24, 2.45) is 5.92 Å². The predicted molar refractivity (Wildman–Crippen MR) is 132 cm³/mol. The van der Waals surface area contributed by atoms with Crippen LogP contribution in [0.4, 0.5) is 5.13 Å². The van der Waals surface area contributed by atoms with Crippen LogP contribution in [0.5, 0.6) is 0 Å². The van der Waals surface area contributed by atoms with Crippen molar-refractivity contribution in [3.05, 3.63) is 59.7 Å². The van der Waals surface area contributed by atoms with Gasteiger partial charge in [0.1, 0.15) is 0 Å². The highest BCUT2D eigenvalue weighted by molar-refractivity contribution is 7.22. The summed E-state index contributed by atoms with van der Waals surface area (Å²) in [5.74, 6) is 0.844. The Morgan fingerprint density at radius 2 is 1.78 bits per heavy atom. The first-order valence-corrected chi connectivity index (χ1v) is 12.7. The number of amides is 1.